The Hall–Kier alpha value is -2.14. The van der Waals surface area contributed by atoms with Crippen LogP contribution in [0.15, 0.2) is 35.1 Å². The van der Waals surface area contributed by atoms with E-state index in [2.05, 4.69) is 53.7 Å². The first-order valence-corrected chi connectivity index (χ1v) is 9.12. The SMILES string of the molecule is CC.CN(C)C(CNc1nn(C)c(=O)c2c1CCC2)c1ccccc1. The molecule has 0 amide bonds. The lowest BCUT2D eigenvalue weighted by Gasteiger charge is -2.25. The first-order chi connectivity index (χ1) is 12.1. The molecule has 0 saturated heterocycles. The van der Waals surface area contributed by atoms with E-state index in [9.17, 15) is 4.79 Å². The lowest BCUT2D eigenvalue weighted by Crippen LogP contribution is -2.29. The molecule has 0 bridgehead atoms. The fourth-order valence-corrected chi connectivity index (χ4v) is 3.30. The van der Waals surface area contributed by atoms with E-state index in [1.165, 1.54) is 10.2 Å². The predicted molar refractivity (Wildman–Crippen MR) is 104 cm³/mol. The van der Waals surface area contributed by atoms with Gasteiger partial charge < -0.3 is 10.2 Å². The summed E-state index contributed by atoms with van der Waals surface area (Å²) < 4.78 is 1.46. The number of rotatable bonds is 5. The van der Waals surface area contributed by atoms with Crippen LogP contribution in [0.1, 0.15) is 43.0 Å². The molecule has 0 fully saturated rings. The van der Waals surface area contributed by atoms with Gasteiger partial charge in [0.25, 0.3) is 5.56 Å². The van der Waals surface area contributed by atoms with Crippen LogP contribution in [0, 0.1) is 0 Å². The second-order valence-corrected chi connectivity index (χ2v) is 6.36. The van der Waals surface area contributed by atoms with Gasteiger partial charge in [-0.1, -0.05) is 44.2 Å². The van der Waals surface area contributed by atoms with Crippen LogP contribution < -0.4 is 10.9 Å². The summed E-state index contributed by atoms with van der Waals surface area (Å²) in [5, 5.41) is 7.92. The Morgan fingerprint density at radius 3 is 2.44 bits per heavy atom. The number of anilines is 1. The van der Waals surface area contributed by atoms with Gasteiger partial charge in [0.15, 0.2) is 0 Å². The maximum Gasteiger partial charge on any atom is 0.270 e. The van der Waals surface area contributed by atoms with E-state index in [0.717, 1.165) is 42.8 Å². The number of nitrogens with zero attached hydrogens (tertiary/aromatic N) is 3. The molecule has 1 heterocycles. The summed E-state index contributed by atoms with van der Waals surface area (Å²) in [7, 11) is 5.89. The Bertz CT molecular complexity index is 737. The van der Waals surface area contributed by atoms with Crippen LogP contribution in [0.4, 0.5) is 5.82 Å². The highest BCUT2D eigenvalue weighted by molar-refractivity contribution is 5.49. The Morgan fingerprint density at radius 1 is 1.16 bits per heavy atom. The van der Waals surface area contributed by atoms with E-state index in [4.69, 9.17) is 0 Å². The minimum Gasteiger partial charge on any atom is -0.366 e. The first kappa shape index (κ1) is 19.2. The van der Waals surface area contributed by atoms with E-state index in [0.29, 0.717) is 0 Å². The van der Waals surface area contributed by atoms with Gasteiger partial charge in [-0.25, -0.2) is 4.68 Å². The molecule has 1 unspecified atom stereocenters. The average Bonchev–Trinajstić information content (AvgIpc) is 3.12. The largest absolute Gasteiger partial charge is 0.366 e. The maximum absolute atomic E-state index is 12.1. The van der Waals surface area contributed by atoms with E-state index in [-0.39, 0.29) is 11.6 Å². The zero-order valence-corrected chi connectivity index (χ0v) is 16.0. The summed E-state index contributed by atoms with van der Waals surface area (Å²) in [5.74, 6) is 0.863. The summed E-state index contributed by atoms with van der Waals surface area (Å²) in [5.41, 5.74) is 3.37. The van der Waals surface area contributed by atoms with E-state index in [1.807, 2.05) is 19.9 Å². The van der Waals surface area contributed by atoms with Gasteiger partial charge in [-0.05, 0) is 38.9 Å². The molecular formula is C20H30N4O. The number of nitrogens with one attached hydrogen (secondary N) is 1. The van der Waals surface area contributed by atoms with Crippen molar-refractivity contribution in [1.29, 1.82) is 0 Å². The smallest absolute Gasteiger partial charge is 0.270 e. The van der Waals surface area contributed by atoms with Gasteiger partial charge in [-0.3, -0.25) is 4.79 Å². The molecule has 1 N–H and O–H groups in total. The quantitative estimate of drug-likeness (QED) is 0.907. The van der Waals surface area contributed by atoms with E-state index < -0.39 is 0 Å². The van der Waals surface area contributed by atoms with Crippen molar-refractivity contribution in [1.82, 2.24) is 14.7 Å². The van der Waals surface area contributed by atoms with Crippen LogP contribution in [-0.2, 0) is 19.9 Å². The molecule has 0 saturated carbocycles. The van der Waals surface area contributed by atoms with Gasteiger partial charge in [-0.15, -0.1) is 0 Å². The van der Waals surface area contributed by atoms with Crippen molar-refractivity contribution in [3.63, 3.8) is 0 Å². The third-order valence-corrected chi connectivity index (χ3v) is 4.58. The number of aryl methyl sites for hydroxylation is 1. The lowest BCUT2D eigenvalue weighted by molar-refractivity contribution is 0.311. The molecule has 1 atom stereocenters. The van der Waals surface area contributed by atoms with Crippen LogP contribution in [0.3, 0.4) is 0 Å². The molecule has 1 aliphatic carbocycles. The molecule has 1 aliphatic rings. The van der Waals surface area contributed by atoms with Crippen molar-refractivity contribution in [3.05, 3.63) is 57.4 Å². The summed E-state index contributed by atoms with van der Waals surface area (Å²) in [4.78, 5) is 14.3. The van der Waals surface area contributed by atoms with E-state index in [1.54, 1.807) is 7.05 Å². The van der Waals surface area contributed by atoms with Crippen LogP contribution >= 0.6 is 0 Å². The molecule has 2 aromatic rings. The minimum atomic E-state index is 0.0512. The van der Waals surface area contributed by atoms with E-state index >= 15 is 0 Å². The standard InChI is InChI=1S/C18H24N4O.C2H6/c1-21(2)16(13-8-5-4-6-9-13)12-19-17-14-10-7-11-15(14)18(23)22(3)20-17;1-2/h4-6,8-9,16H,7,10-12H2,1-3H3,(H,19,20);1-2H3. The molecule has 5 heteroatoms. The summed E-state index contributed by atoms with van der Waals surface area (Å²) in [6.45, 7) is 4.76. The molecule has 1 aromatic carbocycles. The zero-order valence-electron chi connectivity index (χ0n) is 16.0. The minimum absolute atomic E-state index is 0.0512. The Labute approximate surface area is 150 Å². The zero-order chi connectivity index (χ0) is 18.4. The highest BCUT2D eigenvalue weighted by Gasteiger charge is 2.22. The third-order valence-electron chi connectivity index (χ3n) is 4.58. The number of aromatic nitrogens is 2. The Kier molecular flexibility index (Phi) is 6.76. The highest BCUT2D eigenvalue weighted by atomic mass is 16.1. The van der Waals surface area contributed by atoms with Gasteiger partial charge in [-0.2, -0.15) is 5.10 Å². The molecule has 1 aromatic heterocycles. The average molecular weight is 342 g/mol. The van der Waals surface area contributed by atoms with Gasteiger partial charge in [0.05, 0.1) is 6.04 Å². The summed E-state index contributed by atoms with van der Waals surface area (Å²) in [6, 6.07) is 10.7. The van der Waals surface area contributed by atoms with Crippen molar-refractivity contribution >= 4 is 5.82 Å². The van der Waals surface area contributed by atoms with Crippen molar-refractivity contribution in [2.75, 3.05) is 26.0 Å². The third kappa shape index (κ3) is 4.28. The second kappa shape index (κ2) is 8.81. The normalized spacial score (nSPS) is 13.8. The van der Waals surface area contributed by atoms with Crippen molar-refractivity contribution in [2.45, 2.75) is 39.2 Å². The highest BCUT2D eigenvalue weighted by Crippen LogP contribution is 2.25. The molecule has 0 spiro atoms. The van der Waals surface area contributed by atoms with Crippen molar-refractivity contribution in [3.8, 4) is 0 Å². The maximum atomic E-state index is 12.1. The molecule has 3 rings (SSSR count). The van der Waals surface area contributed by atoms with Gasteiger partial charge in [0, 0.05) is 24.7 Å². The molecule has 0 aliphatic heterocycles. The number of likely N-dealkylation sites (N-methyl/N-ethyl adjacent to an activating group) is 1. The second-order valence-electron chi connectivity index (χ2n) is 6.36. The van der Waals surface area contributed by atoms with Gasteiger partial charge >= 0.3 is 0 Å². The number of hydrogen-bond acceptors (Lipinski definition) is 4. The molecule has 136 valence electrons. The predicted octanol–water partition coefficient (Wildman–Crippen LogP) is 3.01. The van der Waals surface area contributed by atoms with Crippen molar-refractivity contribution < 1.29 is 0 Å². The fourth-order valence-electron chi connectivity index (χ4n) is 3.30. The molecule has 25 heavy (non-hydrogen) atoms. The molecule has 5 nitrogen and oxygen atoms in total. The van der Waals surface area contributed by atoms with Crippen LogP contribution in [-0.4, -0.2) is 35.3 Å². The van der Waals surface area contributed by atoms with Gasteiger partial charge in [0.2, 0.25) is 0 Å². The fraction of sp³-hybridized carbons (Fsp3) is 0.500. The molecular weight excluding hydrogens is 312 g/mol. The monoisotopic (exact) mass is 342 g/mol. The number of hydrogen-bond donors (Lipinski definition) is 1. The summed E-state index contributed by atoms with van der Waals surface area (Å²) >= 11 is 0. The lowest BCUT2D eigenvalue weighted by atomic mass is 10.1. The first-order valence-electron chi connectivity index (χ1n) is 9.12. The Morgan fingerprint density at radius 2 is 1.80 bits per heavy atom. The topological polar surface area (TPSA) is 50.2 Å². The number of fused-ring (bicyclic) bond motifs is 1. The summed E-state index contributed by atoms with van der Waals surface area (Å²) in [6.07, 6.45) is 2.86. The van der Waals surface area contributed by atoms with Crippen LogP contribution in [0.25, 0.3) is 0 Å². The van der Waals surface area contributed by atoms with Crippen LogP contribution in [0.5, 0.6) is 0 Å². The molecule has 0 radical (unpaired) electrons. The van der Waals surface area contributed by atoms with Crippen molar-refractivity contribution in [2.24, 2.45) is 7.05 Å². The Balaban J connectivity index is 0.00000109. The number of benzene rings is 1. The van der Waals surface area contributed by atoms with Gasteiger partial charge in [0.1, 0.15) is 5.82 Å². The van der Waals surface area contributed by atoms with Crippen LogP contribution in [0.2, 0.25) is 0 Å².